The molecule has 6 heteroatoms. The molecule has 4 nitrogen and oxygen atoms in total. The number of carbonyl (C=O) groups excluding carboxylic acids is 1. The van der Waals surface area contributed by atoms with Crippen LogP contribution >= 0.6 is 23.4 Å². The van der Waals surface area contributed by atoms with Crippen molar-refractivity contribution >= 4 is 35.0 Å². The minimum absolute atomic E-state index is 0.0100. The first kappa shape index (κ1) is 15.2. The summed E-state index contributed by atoms with van der Waals surface area (Å²) in [6, 6.07) is 3.59. The van der Waals surface area contributed by atoms with Crippen LogP contribution in [0.15, 0.2) is 17.0 Å². The minimum Gasteiger partial charge on any atom is -0.377 e. The van der Waals surface area contributed by atoms with Crippen molar-refractivity contribution in [1.82, 2.24) is 5.32 Å². The van der Waals surface area contributed by atoms with E-state index in [1.807, 2.05) is 19.1 Å². The molecule has 0 spiro atoms. The number of likely N-dealkylation sites (N-methyl/N-ethyl adjacent to an activating group) is 1. The number of hydrogen-bond acceptors (Lipinski definition) is 4. The van der Waals surface area contributed by atoms with Crippen molar-refractivity contribution in [1.29, 1.82) is 0 Å². The third-order valence-electron chi connectivity index (χ3n) is 3.79. The molecule has 1 amide bonds. The second kappa shape index (κ2) is 6.57. The van der Waals surface area contributed by atoms with E-state index < -0.39 is 0 Å². The van der Waals surface area contributed by atoms with Crippen molar-refractivity contribution in [2.45, 2.75) is 36.8 Å². The molecule has 1 fully saturated rings. The molecule has 2 aliphatic rings. The molecule has 2 heterocycles. The minimum atomic E-state index is -0.292. The fraction of sp³-hybridized carbons (Fsp3) is 0.533. The Labute approximate surface area is 134 Å². The Hall–Kier alpha value is -0.750. The van der Waals surface area contributed by atoms with Gasteiger partial charge in [-0.2, -0.15) is 0 Å². The van der Waals surface area contributed by atoms with E-state index in [0.717, 1.165) is 47.9 Å². The third-order valence-corrected chi connectivity index (χ3v) is 5.40. The second-order valence-electron chi connectivity index (χ2n) is 5.30. The standard InChI is InChI=1S/C15H19ClN2O2S/c1-2-17-14-10-6-11(16)13(7-12(10)18-15(14)19)21-8-9-4-3-5-20-9/h6-7,9,14,17H,2-5,8H2,1H3,(H,18,19). The lowest BCUT2D eigenvalue weighted by molar-refractivity contribution is -0.117. The highest BCUT2D eigenvalue weighted by atomic mass is 35.5. The van der Waals surface area contributed by atoms with Gasteiger partial charge in [0.05, 0.1) is 11.1 Å². The van der Waals surface area contributed by atoms with Gasteiger partial charge in [0.25, 0.3) is 0 Å². The van der Waals surface area contributed by atoms with Gasteiger partial charge >= 0.3 is 0 Å². The number of fused-ring (bicyclic) bond motifs is 1. The largest absolute Gasteiger partial charge is 0.377 e. The number of rotatable bonds is 5. The predicted octanol–water partition coefficient (Wildman–Crippen LogP) is 3.21. The summed E-state index contributed by atoms with van der Waals surface area (Å²) < 4.78 is 5.63. The Morgan fingerprint density at radius 2 is 2.38 bits per heavy atom. The fourth-order valence-electron chi connectivity index (χ4n) is 2.74. The van der Waals surface area contributed by atoms with Crippen molar-refractivity contribution in [3.8, 4) is 0 Å². The van der Waals surface area contributed by atoms with E-state index in [9.17, 15) is 4.79 Å². The summed E-state index contributed by atoms with van der Waals surface area (Å²) in [7, 11) is 0. The molecule has 2 atom stereocenters. The smallest absolute Gasteiger partial charge is 0.246 e. The van der Waals surface area contributed by atoms with Gasteiger partial charge in [-0.25, -0.2) is 0 Å². The first-order valence-corrected chi connectivity index (χ1v) is 8.67. The zero-order chi connectivity index (χ0) is 14.8. The molecule has 0 saturated carbocycles. The summed E-state index contributed by atoms with van der Waals surface area (Å²) in [6.45, 7) is 3.59. The Kier molecular flexibility index (Phi) is 4.74. The van der Waals surface area contributed by atoms with Crippen molar-refractivity contribution in [3.05, 3.63) is 22.7 Å². The second-order valence-corrected chi connectivity index (χ2v) is 6.76. The summed E-state index contributed by atoms with van der Waals surface area (Å²) in [5, 5.41) is 6.80. The van der Waals surface area contributed by atoms with Gasteiger partial charge < -0.3 is 15.4 Å². The third kappa shape index (κ3) is 3.21. The molecule has 2 unspecified atom stereocenters. The molecule has 3 rings (SSSR count). The SMILES string of the molecule is CCNC1C(=O)Nc2cc(SCC3CCCO3)c(Cl)cc21. The molecule has 2 aliphatic heterocycles. The van der Waals surface area contributed by atoms with E-state index in [0.29, 0.717) is 11.1 Å². The molecular weight excluding hydrogens is 308 g/mol. The predicted molar refractivity (Wildman–Crippen MR) is 86.2 cm³/mol. The summed E-state index contributed by atoms with van der Waals surface area (Å²) >= 11 is 8.08. The van der Waals surface area contributed by atoms with Crippen molar-refractivity contribution in [2.75, 3.05) is 24.2 Å². The van der Waals surface area contributed by atoms with Gasteiger partial charge in [-0.15, -0.1) is 11.8 Å². The Bertz CT molecular complexity index is 547. The average molecular weight is 327 g/mol. The van der Waals surface area contributed by atoms with Crippen molar-refractivity contribution < 1.29 is 9.53 Å². The van der Waals surface area contributed by atoms with Crippen LogP contribution in [0.5, 0.6) is 0 Å². The quantitative estimate of drug-likeness (QED) is 0.816. The van der Waals surface area contributed by atoms with Crippen LogP contribution < -0.4 is 10.6 Å². The van der Waals surface area contributed by atoms with Crippen LogP contribution in [0.3, 0.4) is 0 Å². The number of carbonyl (C=O) groups is 1. The molecule has 1 saturated heterocycles. The van der Waals surface area contributed by atoms with Gasteiger partial charge in [-0.3, -0.25) is 4.79 Å². The summed E-state index contributed by atoms with van der Waals surface area (Å²) in [4.78, 5) is 13.0. The van der Waals surface area contributed by atoms with Crippen LogP contribution in [0.1, 0.15) is 31.4 Å². The van der Waals surface area contributed by atoms with Crippen LogP contribution in [0.25, 0.3) is 0 Å². The summed E-state index contributed by atoms with van der Waals surface area (Å²) in [5.74, 6) is 0.896. The monoisotopic (exact) mass is 326 g/mol. The molecule has 0 bridgehead atoms. The molecule has 2 N–H and O–H groups in total. The van der Waals surface area contributed by atoms with E-state index in [1.165, 1.54) is 0 Å². The van der Waals surface area contributed by atoms with Gasteiger partial charge in [0.2, 0.25) is 5.91 Å². The maximum atomic E-state index is 12.0. The lowest BCUT2D eigenvalue weighted by Gasteiger charge is -2.12. The van der Waals surface area contributed by atoms with Crippen LogP contribution in [0.4, 0.5) is 5.69 Å². The first-order valence-electron chi connectivity index (χ1n) is 7.31. The van der Waals surface area contributed by atoms with Crippen LogP contribution in [-0.4, -0.2) is 30.9 Å². The lowest BCUT2D eigenvalue weighted by Crippen LogP contribution is -2.27. The van der Waals surface area contributed by atoms with Crippen LogP contribution in [-0.2, 0) is 9.53 Å². The molecule has 114 valence electrons. The maximum absolute atomic E-state index is 12.0. The molecule has 0 aromatic heterocycles. The van der Waals surface area contributed by atoms with Gasteiger partial charge in [0.15, 0.2) is 0 Å². The number of anilines is 1. The van der Waals surface area contributed by atoms with E-state index >= 15 is 0 Å². The lowest BCUT2D eigenvalue weighted by atomic mass is 10.1. The molecule has 0 aliphatic carbocycles. The fourth-order valence-corrected chi connectivity index (χ4v) is 4.10. The Balaban J connectivity index is 1.75. The van der Waals surface area contributed by atoms with E-state index in [1.54, 1.807) is 11.8 Å². The number of amides is 1. The average Bonchev–Trinajstić information content (AvgIpc) is 3.07. The number of nitrogens with one attached hydrogen (secondary N) is 2. The normalized spacial score (nSPS) is 24.2. The molecule has 1 aromatic carbocycles. The first-order chi connectivity index (χ1) is 10.2. The zero-order valence-corrected chi connectivity index (χ0v) is 13.5. The summed E-state index contributed by atoms with van der Waals surface area (Å²) in [6.07, 6.45) is 2.58. The van der Waals surface area contributed by atoms with E-state index in [4.69, 9.17) is 16.3 Å². The molecule has 0 radical (unpaired) electrons. The van der Waals surface area contributed by atoms with Gasteiger partial charge in [0.1, 0.15) is 6.04 Å². The van der Waals surface area contributed by atoms with Gasteiger partial charge in [-0.1, -0.05) is 18.5 Å². The van der Waals surface area contributed by atoms with E-state index in [-0.39, 0.29) is 11.9 Å². The topological polar surface area (TPSA) is 50.4 Å². The maximum Gasteiger partial charge on any atom is 0.246 e. The van der Waals surface area contributed by atoms with Crippen LogP contribution in [0, 0.1) is 0 Å². The molecular formula is C15H19ClN2O2S. The van der Waals surface area contributed by atoms with Crippen LogP contribution in [0.2, 0.25) is 5.02 Å². The number of benzene rings is 1. The van der Waals surface area contributed by atoms with E-state index in [2.05, 4.69) is 10.6 Å². The van der Waals surface area contributed by atoms with Crippen molar-refractivity contribution in [3.63, 3.8) is 0 Å². The Morgan fingerprint density at radius 3 is 3.10 bits per heavy atom. The number of ether oxygens (including phenoxy) is 1. The Morgan fingerprint density at radius 1 is 1.52 bits per heavy atom. The highest BCUT2D eigenvalue weighted by Gasteiger charge is 2.30. The highest BCUT2D eigenvalue weighted by Crippen LogP contribution is 2.39. The van der Waals surface area contributed by atoms with Gasteiger partial charge in [-0.05, 0) is 31.5 Å². The summed E-state index contributed by atoms with van der Waals surface area (Å²) in [5.41, 5.74) is 1.80. The molecule has 21 heavy (non-hydrogen) atoms. The number of hydrogen-bond donors (Lipinski definition) is 2. The van der Waals surface area contributed by atoms with Crippen molar-refractivity contribution in [2.24, 2.45) is 0 Å². The number of halogens is 1. The number of thioether (sulfide) groups is 1. The molecule has 1 aromatic rings. The highest BCUT2D eigenvalue weighted by molar-refractivity contribution is 7.99. The van der Waals surface area contributed by atoms with Gasteiger partial charge in [0, 0.05) is 28.5 Å². The zero-order valence-electron chi connectivity index (χ0n) is 11.9.